The molecule has 4 rings (SSSR count). The lowest BCUT2D eigenvalue weighted by Crippen LogP contribution is -2.24. The number of halogens is 1. The van der Waals surface area contributed by atoms with Crippen molar-refractivity contribution >= 4 is 29.3 Å². The fourth-order valence-corrected chi connectivity index (χ4v) is 3.60. The monoisotopic (exact) mass is 443 g/mol. The van der Waals surface area contributed by atoms with Gasteiger partial charge in [-0.05, 0) is 49.4 Å². The Bertz CT molecular complexity index is 1170. The summed E-state index contributed by atoms with van der Waals surface area (Å²) < 4.78 is 12.4. The van der Waals surface area contributed by atoms with Crippen LogP contribution in [-0.2, 0) is 11.3 Å². The molecule has 4 aromatic rings. The second-order valence-electron chi connectivity index (χ2n) is 6.40. The van der Waals surface area contributed by atoms with Crippen molar-refractivity contribution < 1.29 is 13.6 Å². The molecular weight excluding hydrogens is 426 g/mol. The Kier molecular flexibility index (Phi) is 5.82. The van der Waals surface area contributed by atoms with Crippen molar-refractivity contribution in [1.29, 1.82) is 0 Å². The van der Waals surface area contributed by atoms with Gasteiger partial charge in [0.25, 0.3) is 0 Å². The summed E-state index contributed by atoms with van der Waals surface area (Å²) in [4.78, 5) is 12.2. The first kappa shape index (κ1) is 20.1. The zero-order valence-corrected chi connectivity index (χ0v) is 17.5. The predicted molar refractivity (Wildman–Crippen MR) is 114 cm³/mol. The van der Waals surface area contributed by atoms with Crippen molar-refractivity contribution in [2.45, 2.75) is 18.6 Å². The molecule has 0 saturated heterocycles. The molecule has 3 heterocycles. The number of hydrogen-bond acceptors (Lipinski definition) is 7. The summed E-state index contributed by atoms with van der Waals surface area (Å²) in [6, 6.07) is 12.8. The van der Waals surface area contributed by atoms with Crippen LogP contribution in [0.1, 0.15) is 11.5 Å². The number of benzene rings is 1. The number of aromatic nitrogens is 3. The number of rotatable bonds is 7. The Labute approximate surface area is 181 Å². The minimum absolute atomic E-state index is 0.143. The molecule has 3 aromatic heterocycles. The van der Waals surface area contributed by atoms with E-state index in [0.717, 1.165) is 11.1 Å². The van der Waals surface area contributed by atoms with Gasteiger partial charge in [-0.2, -0.15) is 0 Å². The SMILES string of the molecule is Cc1occc1-c1nnc(SCC(=O)NCc2ccc(-c3ccc(Cl)cc3)o2)n1N. The molecule has 1 amide bonds. The van der Waals surface area contributed by atoms with E-state index in [0.29, 0.717) is 33.3 Å². The number of nitrogens with zero attached hydrogens (tertiary/aromatic N) is 3. The smallest absolute Gasteiger partial charge is 0.230 e. The maximum Gasteiger partial charge on any atom is 0.230 e. The van der Waals surface area contributed by atoms with Crippen molar-refractivity contribution in [1.82, 2.24) is 20.2 Å². The van der Waals surface area contributed by atoms with Gasteiger partial charge in [0.2, 0.25) is 11.1 Å². The number of nitrogen functional groups attached to an aromatic ring is 1. The first-order valence-corrected chi connectivity index (χ1v) is 10.4. The minimum Gasteiger partial charge on any atom is -0.469 e. The summed E-state index contributed by atoms with van der Waals surface area (Å²) >= 11 is 7.10. The van der Waals surface area contributed by atoms with E-state index in [1.807, 2.05) is 31.2 Å². The summed E-state index contributed by atoms with van der Waals surface area (Å²) in [7, 11) is 0. The number of hydrogen-bond donors (Lipinski definition) is 2. The van der Waals surface area contributed by atoms with Crippen LogP contribution in [0.15, 0.2) is 62.7 Å². The van der Waals surface area contributed by atoms with Gasteiger partial charge in [-0.3, -0.25) is 4.79 Å². The van der Waals surface area contributed by atoms with Gasteiger partial charge in [-0.25, -0.2) is 4.68 Å². The van der Waals surface area contributed by atoms with Crippen LogP contribution in [0.2, 0.25) is 5.02 Å². The van der Waals surface area contributed by atoms with Gasteiger partial charge in [0, 0.05) is 10.6 Å². The van der Waals surface area contributed by atoms with Crippen molar-refractivity contribution in [2.24, 2.45) is 0 Å². The van der Waals surface area contributed by atoms with Crippen LogP contribution in [0.25, 0.3) is 22.7 Å². The van der Waals surface area contributed by atoms with Gasteiger partial charge < -0.3 is 20.0 Å². The first-order chi connectivity index (χ1) is 14.5. The molecule has 10 heteroatoms. The quantitative estimate of drug-likeness (QED) is 0.329. The van der Waals surface area contributed by atoms with E-state index in [4.69, 9.17) is 26.3 Å². The van der Waals surface area contributed by atoms with E-state index in [9.17, 15) is 4.79 Å². The Morgan fingerprint density at radius 1 is 1.20 bits per heavy atom. The molecule has 3 N–H and O–H groups in total. The number of thioether (sulfide) groups is 1. The van der Waals surface area contributed by atoms with Crippen molar-refractivity contribution in [3.05, 3.63) is 65.3 Å². The van der Waals surface area contributed by atoms with Crippen LogP contribution < -0.4 is 11.2 Å². The highest BCUT2D eigenvalue weighted by atomic mass is 35.5. The number of nitrogens with two attached hydrogens (primary N) is 1. The van der Waals surface area contributed by atoms with Crippen LogP contribution in [0, 0.1) is 6.92 Å². The Hall–Kier alpha value is -3.17. The third-order valence-electron chi connectivity index (χ3n) is 4.35. The Balaban J connectivity index is 1.30. The van der Waals surface area contributed by atoms with E-state index in [2.05, 4.69) is 15.5 Å². The largest absolute Gasteiger partial charge is 0.469 e. The normalized spacial score (nSPS) is 11.0. The van der Waals surface area contributed by atoms with E-state index in [-0.39, 0.29) is 18.2 Å². The van der Waals surface area contributed by atoms with Gasteiger partial charge >= 0.3 is 0 Å². The average Bonchev–Trinajstić information content (AvgIpc) is 3.46. The lowest BCUT2D eigenvalue weighted by Gasteiger charge is -2.04. The summed E-state index contributed by atoms with van der Waals surface area (Å²) in [6.45, 7) is 2.10. The van der Waals surface area contributed by atoms with Gasteiger partial charge in [-0.15, -0.1) is 10.2 Å². The Morgan fingerprint density at radius 3 is 2.73 bits per heavy atom. The molecule has 0 bridgehead atoms. The molecule has 0 unspecified atom stereocenters. The zero-order valence-electron chi connectivity index (χ0n) is 16.0. The number of carbonyl (C=O) groups is 1. The highest BCUT2D eigenvalue weighted by molar-refractivity contribution is 7.99. The summed E-state index contributed by atoms with van der Waals surface area (Å²) in [5, 5.41) is 12.0. The van der Waals surface area contributed by atoms with E-state index in [1.54, 1.807) is 24.5 Å². The second kappa shape index (κ2) is 8.68. The average molecular weight is 444 g/mol. The molecule has 8 nitrogen and oxygen atoms in total. The van der Waals surface area contributed by atoms with E-state index >= 15 is 0 Å². The third kappa shape index (κ3) is 4.37. The van der Waals surface area contributed by atoms with E-state index < -0.39 is 0 Å². The molecule has 0 spiro atoms. The molecule has 1 aromatic carbocycles. The van der Waals surface area contributed by atoms with Crippen LogP contribution in [-0.4, -0.2) is 26.5 Å². The molecule has 0 aliphatic heterocycles. The summed E-state index contributed by atoms with van der Waals surface area (Å²) in [5.74, 6) is 8.56. The maximum absolute atomic E-state index is 12.2. The minimum atomic E-state index is -0.173. The lowest BCUT2D eigenvalue weighted by atomic mass is 10.2. The van der Waals surface area contributed by atoms with Crippen molar-refractivity contribution in [3.8, 4) is 22.7 Å². The van der Waals surface area contributed by atoms with Crippen LogP contribution >= 0.6 is 23.4 Å². The molecule has 0 aliphatic rings. The van der Waals surface area contributed by atoms with Crippen LogP contribution in [0.5, 0.6) is 0 Å². The van der Waals surface area contributed by atoms with Crippen molar-refractivity contribution in [3.63, 3.8) is 0 Å². The molecular formula is C20H18ClN5O3S. The number of furan rings is 2. The number of carbonyl (C=O) groups excluding carboxylic acids is 1. The predicted octanol–water partition coefficient (Wildman–Crippen LogP) is 3.88. The molecule has 0 fully saturated rings. The standard InChI is InChI=1S/C20H18ClN5O3S/c1-12-16(8-9-28-12)19-24-25-20(26(19)22)30-11-18(27)23-10-15-6-7-17(29-15)13-2-4-14(21)5-3-13/h2-9H,10-11,22H2,1H3,(H,23,27). The molecule has 0 saturated carbocycles. The highest BCUT2D eigenvalue weighted by Gasteiger charge is 2.16. The van der Waals surface area contributed by atoms with Gasteiger partial charge in [-0.1, -0.05) is 23.4 Å². The third-order valence-corrected chi connectivity index (χ3v) is 5.54. The second-order valence-corrected chi connectivity index (χ2v) is 7.78. The van der Waals surface area contributed by atoms with Crippen molar-refractivity contribution in [2.75, 3.05) is 11.6 Å². The molecule has 0 aliphatic carbocycles. The number of amides is 1. The summed E-state index contributed by atoms with van der Waals surface area (Å²) in [5.41, 5.74) is 1.68. The lowest BCUT2D eigenvalue weighted by molar-refractivity contribution is -0.118. The topological polar surface area (TPSA) is 112 Å². The van der Waals surface area contributed by atoms with Gasteiger partial charge in [0.15, 0.2) is 5.82 Å². The van der Waals surface area contributed by atoms with Crippen LogP contribution in [0.3, 0.4) is 0 Å². The molecule has 30 heavy (non-hydrogen) atoms. The molecule has 154 valence electrons. The molecule has 0 atom stereocenters. The highest BCUT2D eigenvalue weighted by Crippen LogP contribution is 2.25. The zero-order chi connectivity index (χ0) is 21.1. The number of aryl methyl sites for hydroxylation is 1. The molecule has 0 radical (unpaired) electrons. The van der Waals surface area contributed by atoms with Gasteiger partial charge in [0.05, 0.1) is 24.1 Å². The fraction of sp³-hybridized carbons (Fsp3) is 0.150. The Morgan fingerprint density at radius 2 is 2.00 bits per heavy atom. The first-order valence-electron chi connectivity index (χ1n) is 9.00. The fourth-order valence-electron chi connectivity index (χ4n) is 2.79. The van der Waals surface area contributed by atoms with E-state index in [1.165, 1.54) is 16.4 Å². The maximum atomic E-state index is 12.2. The summed E-state index contributed by atoms with van der Waals surface area (Å²) in [6.07, 6.45) is 1.56. The number of nitrogens with one attached hydrogen (secondary N) is 1. The van der Waals surface area contributed by atoms with Crippen LogP contribution in [0.4, 0.5) is 0 Å². The van der Waals surface area contributed by atoms with Gasteiger partial charge in [0.1, 0.15) is 17.3 Å².